The van der Waals surface area contributed by atoms with Crippen LogP contribution in [0.15, 0.2) is 10.3 Å². The first-order valence-corrected chi connectivity index (χ1v) is 9.38. The quantitative estimate of drug-likeness (QED) is 0.790. The molecular formula is C14H23NO4S2. The fraction of sp³-hybridized carbons (Fsp3) is 0.714. The van der Waals surface area contributed by atoms with Gasteiger partial charge in [0, 0.05) is 24.6 Å². The zero-order valence-electron chi connectivity index (χ0n) is 12.7. The van der Waals surface area contributed by atoms with E-state index in [1.807, 2.05) is 13.8 Å². The van der Waals surface area contributed by atoms with Gasteiger partial charge in [-0.25, -0.2) is 8.42 Å². The first-order valence-electron chi connectivity index (χ1n) is 7.12. The summed E-state index contributed by atoms with van der Waals surface area (Å²) in [6.45, 7) is 4.42. The van der Waals surface area contributed by atoms with E-state index in [1.165, 1.54) is 0 Å². The van der Waals surface area contributed by atoms with Crippen LogP contribution in [0, 0.1) is 12.8 Å². The van der Waals surface area contributed by atoms with E-state index >= 15 is 0 Å². The van der Waals surface area contributed by atoms with Gasteiger partial charge in [-0.1, -0.05) is 0 Å². The Hall–Kier alpha value is -0.470. The molecule has 1 atom stereocenters. The second kappa shape index (κ2) is 6.75. The number of rotatable bonds is 8. The predicted octanol–water partition coefficient (Wildman–Crippen LogP) is 1.98. The molecule has 1 aliphatic carbocycles. The summed E-state index contributed by atoms with van der Waals surface area (Å²) in [6.07, 6.45) is 2.18. The normalized spacial score (nSPS) is 17.4. The molecule has 1 aromatic heterocycles. The minimum atomic E-state index is -3.53. The van der Waals surface area contributed by atoms with Crippen LogP contribution in [0.2, 0.25) is 0 Å². The molecule has 1 unspecified atom stereocenters. The molecule has 0 spiro atoms. The van der Waals surface area contributed by atoms with Crippen molar-refractivity contribution in [1.82, 2.24) is 4.31 Å². The first-order chi connectivity index (χ1) is 9.91. The van der Waals surface area contributed by atoms with Gasteiger partial charge in [-0.2, -0.15) is 4.31 Å². The van der Waals surface area contributed by atoms with E-state index in [-0.39, 0.29) is 12.6 Å². The molecule has 1 saturated carbocycles. The minimum absolute atomic E-state index is 0.00914. The average molecular weight is 333 g/mol. The number of hydrogen-bond acceptors (Lipinski definition) is 5. The molecular weight excluding hydrogens is 310 g/mol. The summed E-state index contributed by atoms with van der Waals surface area (Å²) in [7, 11) is -1.95. The highest BCUT2D eigenvalue weighted by Gasteiger charge is 2.38. The third-order valence-corrected chi connectivity index (χ3v) is 7.64. The summed E-state index contributed by atoms with van der Waals surface area (Å²) in [5.74, 6) is 0.454. The lowest BCUT2D eigenvalue weighted by atomic mass is 10.2. The standard InChI is InChI=1S/C14H23NO4S2/c1-10-8-14(20-13(10)9-16)21(17,18)15(6-7-19-3)11(2)12-4-5-12/h8,11-12,16H,4-7,9H2,1-3H3. The second-order valence-corrected chi connectivity index (χ2v) is 8.77. The number of sulfonamides is 1. The summed E-state index contributed by atoms with van der Waals surface area (Å²) < 4.78 is 32.7. The van der Waals surface area contributed by atoms with E-state index in [1.54, 1.807) is 17.5 Å². The van der Waals surface area contributed by atoms with Crippen LogP contribution >= 0.6 is 11.3 Å². The van der Waals surface area contributed by atoms with Crippen molar-refractivity contribution in [3.8, 4) is 0 Å². The van der Waals surface area contributed by atoms with Gasteiger partial charge in [0.1, 0.15) is 4.21 Å². The molecule has 120 valence electrons. The van der Waals surface area contributed by atoms with Gasteiger partial charge < -0.3 is 9.84 Å². The number of methoxy groups -OCH3 is 1. The highest BCUT2D eigenvalue weighted by Crippen LogP contribution is 2.38. The van der Waals surface area contributed by atoms with Crippen LogP contribution in [0.1, 0.15) is 30.2 Å². The number of nitrogens with zero attached hydrogens (tertiary/aromatic N) is 1. The summed E-state index contributed by atoms with van der Waals surface area (Å²) in [6, 6.07) is 1.65. The van der Waals surface area contributed by atoms with Gasteiger partial charge in [-0.3, -0.25) is 0 Å². The number of aliphatic hydroxyl groups is 1. The molecule has 0 amide bonds. The van der Waals surface area contributed by atoms with E-state index in [9.17, 15) is 13.5 Å². The summed E-state index contributed by atoms with van der Waals surface area (Å²) >= 11 is 1.16. The lowest BCUT2D eigenvalue weighted by Gasteiger charge is -2.27. The molecule has 0 radical (unpaired) electrons. The maximum atomic E-state index is 12.9. The Bertz CT molecular complexity index is 578. The largest absolute Gasteiger partial charge is 0.391 e. The van der Waals surface area contributed by atoms with Crippen molar-refractivity contribution >= 4 is 21.4 Å². The zero-order chi connectivity index (χ0) is 15.6. The van der Waals surface area contributed by atoms with Crippen LogP contribution in [0.4, 0.5) is 0 Å². The zero-order valence-corrected chi connectivity index (χ0v) is 14.3. The molecule has 5 nitrogen and oxygen atoms in total. The third-order valence-electron chi connectivity index (χ3n) is 3.98. The van der Waals surface area contributed by atoms with E-state index in [4.69, 9.17) is 4.74 Å². The van der Waals surface area contributed by atoms with Crippen LogP contribution in [0.3, 0.4) is 0 Å². The Labute approximate surface area is 130 Å². The highest BCUT2D eigenvalue weighted by atomic mass is 32.2. The topological polar surface area (TPSA) is 66.8 Å². The van der Waals surface area contributed by atoms with Crippen molar-refractivity contribution in [3.63, 3.8) is 0 Å². The van der Waals surface area contributed by atoms with Crippen LogP contribution < -0.4 is 0 Å². The summed E-state index contributed by atoms with van der Waals surface area (Å²) in [5.41, 5.74) is 0.826. The maximum absolute atomic E-state index is 12.9. The number of hydrogen-bond donors (Lipinski definition) is 1. The number of aliphatic hydroxyl groups excluding tert-OH is 1. The van der Waals surface area contributed by atoms with Crippen molar-refractivity contribution < 1.29 is 18.3 Å². The van der Waals surface area contributed by atoms with Crippen molar-refractivity contribution in [2.24, 2.45) is 5.92 Å². The molecule has 21 heavy (non-hydrogen) atoms. The lowest BCUT2D eigenvalue weighted by Crippen LogP contribution is -2.41. The van der Waals surface area contributed by atoms with Gasteiger partial charge in [0.05, 0.1) is 13.2 Å². The van der Waals surface area contributed by atoms with E-state index in [2.05, 4.69) is 0 Å². The fourth-order valence-corrected chi connectivity index (χ4v) is 5.68. The molecule has 0 aliphatic heterocycles. The Balaban J connectivity index is 2.30. The molecule has 0 saturated heterocycles. The van der Waals surface area contributed by atoms with Crippen molar-refractivity contribution in [2.45, 2.75) is 43.5 Å². The van der Waals surface area contributed by atoms with Crippen molar-refractivity contribution in [3.05, 3.63) is 16.5 Å². The van der Waals surface area contributed by atoms with Gasteiger partial charge in [0.15, 0.2) is 0 Å². The van der Waals surface area contributed by atoms with Crippen LogP contribution in [0.5, 0.6) is 0 Å². The fourth-order valence-electron chi connectivity index (χ4n) is 2.43. The van der Waals surface area contributed by atoms with Crippen LogP contribution in [-0.2, 0) is 21.4 Å². The smallest absolute Gasteiger partial charge is 0.252 e. The predicted molar refractivity (Wildman–Crippen MR) is 82.9 cm³/mol. The molecule has 1 N–H and O–H groups in total. The van der Waals surface area contributed by atoms with Crippen molar-refractivity contribution in [1.29, 1.82) is 0 Å². The molecule has 1 aromatic rings. The molecule has 1 heterocycles. The van der Waals surface area contributed by atoms with Crippen molar-refractivity contribution in [2.75, 3.05) is 20.3 Å². The monoisotopic (exact) mass is 333 g/mol. The van der Waals surface area contributed by atoms with Crippen LogP contribution in [-0.4, -0.2) is 44.1 Å². The second-order valence-electron chi connectivity index (χ2n) is 5.52. The van der Waals surface area contributed by atoms with Gasteiger partial charge in [-0.15, -0.1) is 11.3 Å². The molecule has 1 aliphatic rings. The lowest BCUT2D eigenvalue weighted by molar-refractivity contribution is 0.164. The Morgan fingerprint density at radius 3 is 2.67 bits per heavy atom. The Kier molecular flexibility index (Phi) is 5.43. The maximum Gasteiger partial charge on any atom is 0.252 e. The SMILES string of the molecule is COCCN(C(C)C1CC1)S(=O)(=O)c1cc(C)c(CO)s1. The van der Waals surface area contributed by atoms with Crippen LogP contribution in [0.25, 0.3) is 0 Å². The molecule has 0 bridgehead atoms. The van der Waals surface area contributed by atoms with E-state index < -0.39 is 10.0 Å². The number of thiophene rings is 1. The van der Waals surface area contributed by atoms with Gasteiger partial charge >= 0.3 is 0 Å². The summed E-state index contributed by atoms with van der Waals surface area (Å²) in [4.78, 5) is 0.708. The van der Waals surface area contributed by atoms with Gasteiger partial charge in [0.25, 0.3) is 10.0 Å². The number of aryl methyl sites for hydroxylation is 1. The third kappa shape index (κ3) is 3.65. The average Bonchev–Trinajstić information content (AvgIpc) is 3.21. The van der Waals surface area contributed by atoms with E-state index in [0.29, 0.717) is 28.2 Å². The molecule has 1 fully saturated rings. The van der Waals surface area contributed by atoms with Gasteiger partial charge in [-0.05, 0) is 44.2 Å². The molecule has 0 aromatic carbocycles. The number of ether oxygens (including phenoxy) is 1. The van der Waals surface area contributed by atoms with E-state index in [0.717, 1.165) is 29.7 Å². The Morgan fingerprint density at radius 1 is 1.52 bits per heavy atom. The molecule has 2 rings (SSSR count). The summed E-state index contributed by atoms with van der Waals surface area (Å²) in [5, 5.41) is 9.27. The van der Waals surface area contributed by atoms with Gasteiger partial charge in [0.2, 0.25) is 0 Å². The first kappa shape index (κ1) is 16.9. The minimum Gasteiger partial charge on any atom is -0.391 e. The highest BCUT2D eigenvalue weighted by molar-refractivity contribution is 7.91. The molecule has 7 heteroatoms. The Morgan fingerprint density at radius 2 is 2.19 bits per heavy atom.